The molecule has 1 unspecified atom stereocenters. The molecule has 0 heterocycles. The van der Waals surface area contributed by atoms with Gasteiger partial charge in [0.2, 0.25) is 5.91 Å². The van der Waals surface area contributed by atoms with Gasteiger partial charge in [-0.3, -0.25) is 4.79 Å². The molecular formula is C10H20N2O3. The van der Waals surface area contributed by atoms with Crippen LogP contribution in [0.25, 0.3) is 0 Å². The third-order valence-corrected chi connectivity index (χ3v) is 1.80. The average Bonchev–Trinajstić information content (AvgIpc) is 2.18. The fourth-order valence-electron chi connectivity index (χ4n) is 1.02. The summed E-state index contributed by atoms with van der Waals surface area (Å²) in [5, 5.41) is 5.60. The average molecular weight is 216 g/mol. The van der Waals surface area contributed by atoms with Crippen molar-refractivity contribution >= 4 is 11.9 Å². The van der Waals surface area contributed by atoms with Gasteiger partial charge in [0.1, 0.15) is 6.04 Å². The first-order valence-electron chi connectivity index (χ1n) is 5.28. The van der Waals surface area contributed by atoms with Gasteiger partial charge in [-0.2, -0.15) is 0 Å². The summed E-state index contributed by atoms with van der Waals surface area (Å²) in [5.74, 6) is -0.536. The van der Waals surface area contributed by atoms with E-state index in [4.69, 9.17) is 4.74 Å². The van der Waals surface area contributed by atoms with E-state index in [1.165, 1.54) is 0 Å². The van der Waals surface area contributed by atoms with E-state index in [2.05, 4.69) is 10.6 Å². The van der Waals surface area contributed by atoms with Crippen molar-refractivity contribution in [2.75, 3.05) is 19.7 Å². The first-order valence-corrected chi connectivity index (χ1v) is 5.28. The van der Waals surface area contributed by atoms with Crippen LogP contribution < -0.4 is 10.6 Å². The zero-order valence-corrected chi connectivity index (χ0v) is 9.63. The predicted molar refractivity (Wildman–Crippen MR) is 57.4 cm³/mol. The van der Waals surface area contributed by atoms with Crippen LogP contribution in [0.1, 0.15) is 27.2 Å². The van der Waals surface area contributed by atoms with E-state index in [0.717, 1.165) is 6.54 Å². The van der Waals surface area contributed by atoms with Crippen LogP contribution in [0.3, 0.4) is 0 Å². The number of carbonyl (C=O) groups is 2. The van der Waals surface area contributed by atoms with Crippen LogP contribution >= 0.6 is 0 Å². The van der Waals surface area contributed by atoms with Gasteiger partial charge in [0.05, 0.1) is 6.61 Å². The van der Waals surface area contributed by atoms with Crippen LogP contribution in [0.2, 0.25) is 0 Å². The van der Waals surface area contributed by atoms with Gasteiger partial charge >= 0.3 is 5.97 Å². The molecule has 88 valence electrons. The normalized spacial score (nSPS) is 11.9. The molecule has 1 atom stereocenters. The van der Waals surface area contributed by atoms with Crippen molar-refractivity contribution in [1.29, 1.82) is 0 Å². The molecule has 15 heavy (non-hydrogen) atoms. The molecular weight excluding hydrogens is 196 g/mol. The van der Waals surface area contributed by atoms with Crippen molar-refractivity contribution in [3.05, 3.63) is 0 Å². The third-order valence-electron chi connectivity index (χ3n) is 1.80. The van der Waals surface area contributed by atoms with Crippen molar-refractivity contribution < 1.29 is 14.3 Å². The maximum Gasteiger partial charge on any atom is 0.328 e. The minimum atomic E-state index is -0.570. The van der Waals surface area contributed by atoms with Crippen LogP contribution in [-0.2, 0) is 14.3 Å². The smallest absolute Gasteiger partial charge is 0.328 e. The molecule has 0 aliphatic carbocycles. The van der Waals surface area contributed by atoms with E-state index >= 15 is 0 Å². The molecule has 0 radical (unpaired) electrons. The molecule has 0 saturated heterocycles. The molecule has 5 nitrogen and oxygen atoms in total. The second kappa shape index (κ2) is 8.23. The summed E-state index contributed by atoms with van der Waals surface area (Å²) in [5.41, 5.74) is 0. The third kappa shape index (κ3) is 6.90. The van der Waals surface area contributed by atoms with Gasteiger partial charge in [-0.1, -0.05) is 6.92 Å². The van der Waals surface area contributed by atoms with E-state index in [9.17, 15) is 9.59 Å². The highest BCUT2D eigenvalue weighted by molar-refractivity contribution is 5.84. The molecule has 2 N–H and O–H groups in total. The Bertz CT molecular complexity index is 207. The Hall–Kier alpha value is -1.10. The molecule has 5 heteroatoms. The number of esters is 1. The van der Waals surface area contributed by atoms with Crippen molar-refractivity contribution in [3.63, 3.8) is 0 Å². The molecule has 0 aliphatic heterocycles. The van der Waals surface area contributed by atoms with Crippen LogP contribution in [0, 0.1) is 0 Å². The summed E-state index contributed by atoms with van der Waals surface area (Å²) >= 11 is 0. The highest BCUT2D eigenvalue weighted by Gasteiger charge is 2.15. The second-order valence-corrected chi connectivity index (χ2v) is 3.14. The monoisotopic (exact) mass is 216 g/mol. The SMILES string of the molecule is CCNCCC(=O)NC(C)C(=O)OCC. The Balaban J connectivity index is 3.70. The van der Waals surface area contributed by atoms with E-state index < -0.39 is 12.0 Å². The van der Waals surface area contributed by atoms with E-state index in [1.54, 1.807) is 13.8 Å². The molecule has 0 aromatic heterocycles. The van der Waals surface area contributed by atoms with Crippen LogP contribution in [0.4, 0.5) is 0 Å². The van der Waals surface area contributed by atoms with Gasteiger partial charge in [-0.05, 0) is 20.4 Å². The lowest BCUT2D eigenvalue weighted by molar-refractivity contribution is -0.146. The number of ether oxygens (including phenoxy) is 1. The lowest BCUT2D eigenvalue weighted by atomic mass is 10.3. The van der Waals surface area contributed by atoms with Crippen molar-refractivity contribution in [2.24, 2.45) is 0 Å². The Morgan fingerprint density at radius 2 is 2.00 bits per heavy atom. The van der Waals surface area contributed by atoms with E-state index in [1.807, 2.05) is 6.92 Å². The number of nitrogens with one attached hydrogen (secondary N) is 2. The largest absolute Gasteiger partial charge is 0.464 e. The first-order chi connectivity index (χ1) is 7.11. The summed E-state index contributed by atoms with van der Waals surface area (Å²) in [6, 6.07) is -0.570. The first kappa shape index (κ1) is 13.9. The van der Waals surface area contributed by atoms with Crippen molar-refractivity contribution in [1.82, 2.24) is 10.6 Å². The predicted octanol–water partition coefficient (Wildman–Crippen LogP) is 0.0538. The van der Waals surface area contributed by atoms with Crippen LogP contribution in [0.5, 0.6) is 0 Å². The summed E-state index contributed by atoms with van der Waals surface area (Å²) < 4.78 is 4.76. The van der Waals surface area contributed by atoms with Gasteiger partial charge in [0, 0.05) is 13.0 Å². The maximum absolute atomic E-state index is 11.3. The van der Waals surface area contributed by atoms with Gasteiger partial charge in [0.25, 0.3) is 0 Å². The lowest BCUT2D eigenvalue weighted by Crippen LogP contribution is -2.40. The maximum atomic E-state index is 11.3. The molecule has 0 bridgehead atoms. The zero-order chi connectivity index (χ0) is 11.7. The number of amides is 1. The lowest BCUT2D eigenvalue weighted by Gasteiger charge is -2.12. The van der Waals surface area contributed by atoms with Gasteiger partial charge in [0.15, 0.2) is 0 Å². The second-order valence-electron chi connectivity index (χ2n) is 3.14. The standard InChI is InChI=1S/C10H20N2O3/c1-4-11-7-6-9(13)12-8(3)10(14)15-5-2/h8,11H,4-7H2,1-3H3,(H,12,13). The van der Waals surface area contributed by atoms with Gasteiger partial charge in [-0.25, -0.2) is 4.79 Å². The minimum Gasteiger partial charge on any atom is -0.464 e. The molecule has 0 saturated carbocycles. The fraction of sp³-hybridized carbons (Fsp3) is 0.800. The number of hydrogen-bond donors (Lipinski definition) is 2. The summed E-state index contributed by atoms with van der Waals surface area (Å²) in [4.78, 5) is 22.4. The summed E-state index contributed by atoms with van der Waals surface area (Å²) in [6.45, 7) is 7.11. The number of hydrogen-bond acceptors (Lipinski definition) is 4. The summed E-state index contributed by atoms with van der Waals surface area (Å²) in [7, 11) is 0. The summed E-state index contributed by atoms with van der Waals surface area (Å²) in [6.07, 6.45) is 0.373. The minimum absolute atomic E-state index is 0.142. The van der Waals surface area contributed by atoms with Crippen molar-refractivity contribution in [2.45, 2.75) is 33.2 Å². The molecule has 1 amide bonds. The Morgan fingerprint density at radius 1 is 1.33 bits per heavy atom. The molecule has 0 spiro atoms. The van der Waals surface area contributed by atoms with Crippen LogP contribution in [-0.4, -0.2) is 37.6 Å². The highest BCUT2D eigenvalue weighted by Crippen LogP contribution is 1.89. The molecule has 0 fully saturated rings. The number of carbonyl (C=O) groups excluding carboxylic acids is 2. The Labute approximate surface area is 90.6 Å². The van der Waals surface area contributed by atoms with E-state index in [0.29, 0.717) is 19.6 Å². The topological polar surface area (TPSA) is 67.4 Å². The van der Waals surface area contributed by atoms with Gasteiger partial charge < -0.3 is 15.4 Å². The van der Waals surface area contributed by atoms with Crippen LogP contribution in [0.15, 0.2) is 0 Å². The molecule has 0 aromatic carbocycles. The highest BCUT2D eigenvalue weighted by atomic mass is 16.5. The van der Waals surface area contributed by atoms with Gasteiger partial charge in [-0.15, -0.1) is 0 Å². The Morgan fingerprint density at radius 3 is 2.53 bits per heavy atom. The molecule has 0 aliphatic rings. The molecule has 0 rings (SSSR count). The quantitative estimate of drug-likeness (QED) is 0.466. The molecule has 0 aromatic rings. The van der Waals surface area contributed by atoms with Crippen molar-refractivity contribution in [3.8, 4) is 0 Å². The Kier molecular flexibility index (Phi) is 7.62. The zero-order valence-electron chi connectivity index (χ0n) is 9.63. The van der Waals surface area contributed by atoms with E-state index in [-0.39, 0.29) is 5.91 Å². The number of rotatable bonds is 7. The fourth-order valence-corrected chi connectivity index (χ4v) is 1.02.